The number of fused-ring (bicyclic) bond motifs is 3. The number of amides is 2. The number of benzene rings is 2. The minimum atomic E-state index is -0.938. The molecule has 1 saturated carbocycles. The van der Waals surface area contributed by atoms with Gasteiger partial charge in [0.1, 0.15) is 12.6 Å². The summed E-state index contributed by atoms with van der Waals surface area (Å²) in [5.74, 6) is -1.35. The van der Waals surface area contributed by atoms with Crippen molar-refractivity contribution < 1.29 is 24.2 Å². The van der Waals surface area contributed by atoms with Gasteiger partial charge in [0.05, 0.1) is 12.0 Å². The molecule has 2 aromatic rings. The lowest BCUT2D eigenvalue weighted by Crippen LogP contribution is -2.59. The molecule has 0 aromatic heterocycles. The molecule has 2 aromatic carbocycles. The Kier molecular flexibility index (Phi) is 6.67. The molecule has 0 radical (unpaired) electrons. The first kappa shape index (κ1) is 22.8. The summed E-state index contributed by atoms with van der Waals surface area (Å²) in [6, 6.07) is 15.4. The Hall–Kier alpha value is -3.35. The molecule has 1 unspecified atom stereocenters. The average Bonchev–Trinajstić information content (AvgIpc) is 3.09. The van der Waals surface area contributed by atoms with E-state index in [2.05, 4.69) is 34.9 Å². The molecule has 1 atom stereocenters. The van der Waals surface area contributed by atoms with Gasteiger partial charge in [0, 0.05) is 5.92 Å². The van der Waals surface area contributed by atoms with Crippen molar-refractivity contribution in [3.8, 4) is 11.1 Å². The van der Waals surface area contributed by atoms with E-state index in [1.807, 2.05) is 31.2 Å². The molecular formula is C26H30N2O5. The van der Waals surface area contributed by atoms with Gasteiger partial charge in [-0.3, -0.25) is 9.59 Å². The van der Waals surface area contributed by atoms with E-state index in [1.54, 1.807) is 0 Å². The quantitative estimate of drug-likeness (QED) is 0.531. The molecule has 3 N–H and O–H groups in total. The Labute approximate surface area is 193 Å². The Bertz CT molecular complexity index is 1000. The Morgan fingerprint density at radius 2 is 1.67 bits per heavy atom. The molecule has 4 rings (SSSR count). The highest BCUT2D eigenvalue weighted by Gasteiger charge is 2.41. The maximum atomic E-state index is 12.9. The minimum absolute atomic E-state index is 0.0598. The van der Waals surface area contributed by atoms with E-state index in [-0.39, 0.29) is 24.9 Å². The van der Waals surface area contributed by atoms with Crippen molar-refractivity contribution in [2.45, 2.75) is 62.9 Å². The highest BCUT2D eigenvalue weighted by molar-refractivity contribution is 5.87. The molecule has 2 amide bonds. The Balaban J connectivity index is 1.39. The predicted molar refractivity (Wildman–Crippen MR) is 124 cm³/mol. The zero-order valence-electron chi connectivity index (χ0n) is 18.8. The first-order valence-corrected chi connectivity index (χ1v) is 11.6. The van der Waals surface area contributed by atoms with E-state index in [0.29, 0.717) is 25.7 Å². The van der Waals surface area contributed by atoms with E-state index < -0.39 is 23.6 Å². The molecule has 0 saturated heterocycles. The molecule has 0 heterocycles. The van der Waals surface area contributed by atoms with Crippen LogP contribution in [0.4, 0.5) is 4.79 Å². The van der Waals surface area contributed by atoms with Crippen molar-refractivity contribution in [1.29, 1.82) is 0 Å². The molecule has 174 valence electrons. The van der Waals surface area contributed by atoms with Gasteiger partial charge >= 0.3 is 12.1 Å². The summed E-state index contributed by atoms with van der Waals surface area (Å²) in [4.78, 5) is 36.7. The van der Waals surface area contributed by atoms with E-state index in [0.717, 1.165) is 28.7 Å². The molecule has 0 aliphatic heterocycles. The van der Waals surface area contributed by atoms with Gasteiger partial charge in [-0.2, -0.15) is 0 Å². The van der Waals surface area contributed by atoms with Crippen LogP contribution in [0.25, 0.3) is 11.1 Å². The van der Waals surface area contributed by atoms with E-state index in [4.69, 9.17) is 4.74 Å². The first-order valence-electron chi connectivity index (χ1n) is 11.6. The number of alkyl carbamates (subject to hydrolysis) is 1. The number of aliphatic carboxylic acids is 1. The monoisotopic (exact) mass is 450 g/mol. The number of carboxylic acids is 1. The predicted octanol–water partition coefficient (Wildman–Crippen LogP) is 4.21. The SMILES string of the molecule is CCCC(NC(=O)OCC1c2ccccc2-c2ccccc21)C(=O)NC1(CC(=O)O)CCC1. The van der Waals surface area contributed by atoms with Gasteiger partial charge in [0.2, 0.25) is 5.91 Å². The molecule has 0 bridgehead atoms. The fraction of sp³-hybridized carbons (Fsp3) is 0.423. The second kappa shape index (κ2) is 9.65. The lowest BCUT2D eigenvalue weighted by Gasteiger charge is -2.42. The van der Waals surface area contributed by atoms with Crippen molar-refractivity contribution in [1.82, 2.24) is 10.6 Å². The van der Waals surface area contributed by atoms with Crippen LogP contribution in [0, 0.1) is 0 Å². The topological polar surface area (TPSA) is 105 Å². The average molecular weight is 451 g/mol. The van der Waals surface area contributed by atoms with Gasteiger partial charge in [-0.1, -0.05) is 61.9 Å². The van der Waals surface area contributed by atoms with Crippen LogP contribution in [-0.4, -0.2) is 41.3 Å². The molecule has 7 nitrogen and oxygen atoms in total. The molecule has 2 aliphatic carbocycles. The zero-order chi connectivity index (χ0) is 23.4. The number of ether oxygens (including phenoxy) is 1. The van der Waals surface area contributed by atoms with Crippen molar-refractivity contribution in [2.75, 3.05) is 6.61 Å². The number of rotatable bonds is 9. The molecule has 1 fully saturated rings. The molecule has 2 aliphatic rings. The van der Waals surface area contributed by atoms with Crippen molar-refractivity contribution >= 4 is 18.0 Å². The summed E-state index contributed by atoms with van der Waals surface area (Å²) in [7, 11) is 0. The summed E-state index contributed by atoms with van der Waals surface area (Å²) in [5.41, 5.74) is 3.83. The fourth-order valence-electron chi connectivity index (χ4n) is 4.93. The largest absolute Gasteiger partial charge is 0.481 e. The number of hydrogen-bond donors (Lipinski definition) is 3. The van der Waals surface area contributed by atoms with E-state index in [1.165, 1.54) is 0 Å². The minimum Gasteiger partial charge on any atom is -0.481 e. The van der Waals surface area contributed by atoms with Gasteiger partial charge in [-0.15, -0.1) is 0 Å². The summed E-state index contributed by atoms with van der Waals surface area (Å²) in [6.07, 6.45) is 2.52. The van der Waals surface area contributed by atoms with Crippen LogP contribution in [0.5, 0.6) is 0 Å². The molecular weight excluding hydrogens is 420 g/mol. The number of nitrogens with one attached hydrogen (secondary N) is 2. The molecule has 7 heteroatoms. The maximum absolute atomic E-state index is 12.9. The van der Waals surface area contributed by atoms with Gasteiger partial charge < -0.3 is 20.5 Å². The zero-order valence-corrected chi connectivity index (χ0v) is 18.8. The van der Waals surface area contributed by atoms with Gasteiger partial charge in [0.15, 0.2) is 0 Å². The van der Waals surface area contributed by atoms with Crippen molar-refractivity contribution in [3.63, 3.8) is 0 Å². The van der Waals surface area contributed by atoms with E-state index >= 15 is 0 Å². The van der Waals surface area contributed by atoms with Crippen LogP contribution in [0.1, 0.15) is 62.5 Å². The summed E-state index contributed by atoms with van der Waals surface area (Å²) in [6.45, 7) is 2.10. The van der Waals surface area contributed by atoms with Gasteiger partial charge in [-0.05, 0) is 47.9 Å². The first-order chi connectivity index (χ1) is 15.9. The second-order valence-corrected chi connectivity index (χ2v) is 9.00. The van der Waals surface area contributed by atoms with Crippen LogP contribution in [0.2, 0.25) is 0 Å². The molecule has 0 spiro atoms. The Morgan fingerprint density at radius 3 is 2.18 bits per heavy atom. The summed E-state index contributed by atoms with van der Waals surface area (Å²) in [5, 5.41) is 14.8. The summed E-state index contributed by atoms with van der Waals surface area (Å²) < 4.78 is 5.58. The second-order valence-electron chi connectivity index (χ2n) is 9.00. The van der Waals surface area contributed by atoms with Crippen LogP contribution in [0.3, 0.4) is 0 Å². The maximum Gasteiger partial charge on any atom is 0.407 e. The van der Waals surface area contributed by atoms with Crippen LogP contribution >= 0.6 is 0 Å². The highest BCUT2D eigenvalue weighted by atomic mass is 16.5. The number of carbonyl (C=O) groups excluding carboxylic acids is 2. The normalized spacial score (nSPS) is 16.6. The smallest absolute Gasteiger partial charge is 0.407 e. The standard InChI is InChI=1S/C26H30N2O5/c1-2-8-22(24(31)28-26(13-7-14-26)15-23(29)30)27-25(32)33-16-21-19-11-5-3-9-17(19)18-10-4-6-12-20(18)21/h3-6,9-12,21-22H,2,7-8,13-16H2,1H3,(H,27,32)(H,28,31)(H,29,30). The summed E-state index contributed by atoms with van der Waals surface area (Å²) >= 11 is 0. The molecule has 33 heavy (non-hydrogen) atoms. The third-order valence-corrected chi connectivity index (χ3v) is 6.72. The van der Waals surface area contributed by atoms with Crippen LogP contribution < -0.4 is 10.6 Å². The van der Waals surface area contributed by atoms with Crippen molar-refractivity contribution in [3.05, 3.63) is 59.7 Å². The van der Waals surface area contributed by atoms with Gasteiger partial charge in [-0.25, -0.2) is 4.79 Å². The third-order valence-electron chi connectivity index (χ3n) is 6.72. The highest BCUT2D eigenvalue weighted by Crippen LogP contribution is 2.44. The van der Waals surface area contributed by atoms with E-state index in [9.17, 15) is 19.5 Å². The number of carbonyl (C=O) groups is 3. The number of carboxylic acid groups (broad SMARTS) is 1. The Morgan fingerprint density at radius 1 is 1.06 bits per heavy atom. The van der Waals surface area contributed by atoms with Gasteiger partial charge in [0.25, 0.3) is 0 Å². The van der Waals surface area contributed by atoms with Crippen LogP contribution in [-0.2, 0) is 14.3 Å². The lowest BCUT2D eigenvalue weighted by atomic mass is 9.74. The fourth-order valence-corrected chi connectivity index (χ4v) is 4.93. The number of hydrogen-bond acceptors (Lipinski definition) is 4. The van der Waals surface area contributed by atoms with Crippen LogP contribution in [0.15, 0.2) is 48.5 Å². The third kappa shape index (κ3) is 4.87. The van der Waals surface area contributed by atoms with Crippen molar-refractivity contribution in [2.24, 2.45) is 0 Å². The lowest BCUT2D eigenvalue weighted by molar-refractivity contribution is -0.140.